The highest BCUT2D eigenvalue weighted by Crippen LogP contribution is 2.47. The summed E-state index contributed by atoms with van der Waals surface area (Å²) in [7, 11) is 1.92. The third kappa shape index (κ3) is 2.99. The normalized spacial score (nSPS) is 18.6. The molecule has 2 saturated carbocycles. The highest BCUT2D eigenvalue weighted by Gasteiger charge is 2.34. The first-order chi connectivity index (χ1) is 10.7. The number of anilines is 1. The molecule has 0 unspecified atom stereocenters. The van der Waals surface area contributed by atoms with Crippen molar-refractivity contribution in [1.29, 1.82) is 0 Å². The van der Waals surface area contributed by atoms with Crippen LogP contribution < -0.4 is 5.32 Å². The third-order valence-corrected chi connectivity index (χ3v) is 5.07. The smallest absolute Gasteiger partial charge is 0.412 e. The lowest BCUT2D eigenvalue weighted by Gasteiger charge is -2.31. The van der Waals surface area contributed by atoms with Gasteiger partial charge in [-0.25, -0.2) is 4.79 Å². The average molecular weight is 305 g/mol. The van der Waals surface area contributed by atoms with E-state index in [2.05, 4.69) is 12.2 Å². The summed E-state index contributed by atoms with van der Waals surface area (Å²) in [5.41, 5.74) is 2.51. The fourth-order valence-corrected chi connectivity index (χ4v) is 3.23. The summed E-state index contributed by atoms with van der Waals surface area (Å²) in [6, 6.07) is 0. The Kier molecular flexibility index (Phi) is 4.69. The number of amides is 1. The molecule has 1 amide bonds. The van der Waals surface area contributed by atoms with E-state index in [4.69, 9.17) is 9.84 Å². The fourth-order valence-electron chi connectivity index (χ4n) is 3.23. The standard InChI is InChI=1S/C17H27N3O2/c1-3-4-11-22-17(21)18-16-14(12-7-5-8-12)15(19-20(16)2)13-9-6-10-13/h12-13H,3-11H2,1-2H3,(H,18,21). The van der Waals surface area contributed by atoms with E-state index in [1.165, 1.54) is 49.8 Å². The zero-order valence-electron chi connectivity index (χ0n) is 13.7. The van der Waals surface area contributed by atoms with Crippen molar-refractivity contribution in [2.24, 2.45) is 7.05 Å². The molecule has 0 aromatic carbocycles. The Hall–Kier alpha value is -1.52. The lowest BCUT2D eigenvalue weighted by Crippen LogP contribution is -2.20. The summed E-state index contributed by atoms with van der Waals surface area (Å²) in [4.78, 5) is 12.0. The van der Waals surface area contributed by atoms with Gasteiger partial charge in [-0.3, -0.25) is 10.00 Å². The molecule has 122 valence electrons. The van der Waals surface area contributed by atoms with Crippen molar-refractivity contribution < 1.29 is 9.53 Å². The molecule has 0 spiro atoms. The van der Waals surface area contributed by atoms with Gasteiger partial charge in [-0.2, -0.15) is 5.10 Å². The van der Waals surface area contributed by atoms with Crippen LogP contribution in [0.1, 0.15) is 81.4 Å². The van der Waals surface area contributed by atoms with Crippen LogP contribution >= 0.6 is 0 Å². The molecular formula is C17H27N3O2. The Labute approximate surface area is 132 Å². The minimum atomic E-state index is -0.350. The van der Waals surface area contributed by atoms with E-state index in [1.54, 1.807) is 0 Å². The van der Waals surface area contributed by atoms with E-state index in [9.17, 15) is 4.79 Å². The molecule has 5 heteroatoms. The van der Waals surface area contributed by atoms with Crippen molar-refractivity contribution in [3.63, 3.8) is 0 Å². The van der Waals surface area contributed by atoms with Crippen LogP contribution in [0.4, 0.5) is 10.6 Å². The molecule has 2 fully saturated rings. The van der Waals surface area contributed by atoms with Crippen LogP contribution in [0.3, 0.4) is 0 Å². The van der Waals surface area contributed by atoms with Crippen LogP contribution in [0.2, 0.25) is 0 Å². The predicted octanol–water partition coefficient (Wildman–Crippen LogP) is 4.30. The minimum Gasteiger partial charge on any atom is -0.449 e. The zero-order chi connectivity index (χ0) is 15.5. The second-order valence-electron chi connectivity index (χ2n) is 6.64. The number of carbonyl (C=O) groups is 1. The number of aryl methyl sites for hydroxylation is 1. The molecule has 1 aromatic heterocycles. The van der Waals surface area contributed by atoms with Gasteiger partial charge < -0.3 is 4.74 Å². The maximum atomic E-state index is 12.0. The molecule has 1 aromatic rings. The quantitative estimate of drug-likeness (QED) is 0.797. The Bertz CT molecular complexity index is 530. The number of unbranched alkanes of at least 4 members (excludes halogenated alkanes) is 1. The van der Waals surface area contributed by atoms with Gasteiger partial charge in [0.2, 0.25) is 0 Å². The van der Waals surface area contributed by atoms with Crippen molar-refractivity contribution in [3.05, 3.63) is 11.3 Å². The van der Waals surface area contributed by atoms with Gasteiger partial charge in [0.25, 0.3) is 0 Å². The lowest BCUT2D eigenvalue weighted by molar-refractivity contribution is 0.159. The van der Waals surface area contributed by atoms with E-state index in [0.29, 0.717) is 18.4 Å². The SMILES string of the molecule is CCCCOC(=O)Nc1c(C2CCC2)c(C2CCC2)nn1C. The van der Waals surface area contributed by atoms with Gasteiger partial charge in [-0.1, -0.05) is 26.2 Å². The first-order valence-electron chi connectivity index (χ1n) is 8.71. The lowest BCUT2D eigenvalue weighted by atomic mass is 9.74. The van der Waals surface area contributed by atoms with Gasteiger partial charge in [0, 0.05) is 18.5 Å². The van der Waals surface area contributed by atoms with Crippen LogP contribution in [0.15, 0.2) is 0 Å². The van der Waals surface area contributed by atoms with Crippen LogP contribution in [0.25, 0.3) is 0 Å². The Morgan fingerprint density at radius 2 is 1.95 bits per heavy atom. The van der Waals surface area contributed by atoms with Crippen molar-refractivity contribution in [3.8, 4) is 0 Å². The molecule has 5 nitrogen and oxygen atoms in total. The van der Waals surface area contributed by atoms with E-state index < -0.39 is 0 Å². The first-order valence-corrected chi connectivity index (χ1v) is 8.71. The van der Waals surface area contributed by atoms with Crippen molar-refractivity contribution in [2.75, 3.05) is 11.9 Å². The topological polar surface area (TPSA) is 56.1 Å². The van der Waals surface area contributed by atoms with Crippen LogP contribution in [-0.2, 0) is 11.8 Å². The van der Waals surface area contributed by atoms with Gasteiger partial charge in [0.05, 0.1) is 12.3 Å². The highest BCUT2D eigenvalue weighted by atomic mass is 16.5. The van der Waals surface area contributed by atoms with Crippen molar-refractivity contribution in [2.45, 2.75) is 70.1 Å². The Balaban J connectivity index is 1.76. The molecule has 2 aliphatic carbocycles. The number of hydrogen-bond acceptors (Lipinski definition) is 3. The maximum absolute atomic E-state index is 12.0. The summed E-state index contributed by atoms with van der Waals surface area (Å²) in [5.74, 6) is 2.01. The monoisotopic (exact) mass is 305 g/mol. The zero-order valence-corrected chi connectivity index (χ0v) is 13.7. The molecule has 22 heavy (non-hydrogen) atoms. The van der Waals surface area contributed by atoms with Gasteiger partial charge in [-0.15, -0.1) is 0 Å². The Morgan fingerprint density at radius 3 is 2.50 bits per heavy atom. The van der Waals surface area contributed by atoms with E-state index in [1.807, 2.05) is 11.7 Å². The largest absolute Gasteiger partial charge is 0.449 e. The van der Waals surface area contributed by atoms with Crippen LogP contribution in [0.5, 0.6) is 0 Å². The molecule has 0 radical (unpaired) electrons. The highest BCUT2D eigenvalue weighted by molar-refractivity contribution is 5.85. The van der Waals surface area contributed by atoms with Crippen molar-refractivity contribution in [1.82, 2.24) is 9.78 Å². The number of carbonyl (C=O) groups excluding carboxylic acids is 1. The van der Waals surface area contributed by atoms with Crippen LogP contribution in [-0.4, -0.2) is 22.5 Å². The predicted molar refractivity (Wildman–Crippen MR) is 86.3 cm³/mol. The fraction of sp³-hybridized carbons (Fsp3) is 0.765. The van der Waals surface area contributed by atoms with Gasteiger partial charge >= 0.3 is 6.09 Å². The number of nitrogens with one attached hydrogen (secondary N) is 1. The molecule has 0 saturated heterocycles. The molecule has 1 N–H and O–H groups in total. The van der Waals surface area contributed by atoms with Gasteiger partial charge in [-0.05, 0) is 38.0 Å². The molecule has 2 aliphatic rings. The number of ether oxygens (including phenoxy) is 1. The average Bonchev–Trinajstić information content (AvgIpc) is 2.64. The summed E-state index contributed by atoms with van der Waals surface area (Å²) in [5, 5.41) is 7.68. The summed E-state index contributed by atoms with van der Waals surface area (Å²) in [6.45, 7) is 2.57. The number of rotatable bonds is 6. The summed E-state index contributed by atoms with van der Waals surface area (Å²) >= 11 is 0. The van der Waals surface area contributed by atoms with Crippen molar-refractivity contribution >= 4 is 11.9 Å². The second-order valence-corrected chi connectivity index (χ2v) is 6.64. The number of hydrogen-bond donors (Lipinski definition) is 1. The molecule has 0 atom stereocenters. The maximum Gasteiger partial charge on any atom is 0.412 e. The van der Waals surface area contributed by atoms with E-state index >= 15 is 0 Å². The van der Waals surface area contributed by atoms with Crippen LogP contribution in [0, 0.1) is 0 Å². The summed E-state index contributed by atoms with van der Waals surface area (Å²) in [6.07, 6.45) is 9.05. The minimum absolute atomic E-state index is 0.350. The second kappa shape index (κ2) is 6.71. The molecule has 3 rings (SSSR count). The molecule has 0 bridgehead atoms. The Morgan fingerprint density at radius 1 is 1.27 bits per heavy atom. The molecule has 0 aliphatic heterocycles. The number of aromatic nitrogens is 2. The first kappa shape index (κ1) is 15.4. The molecule has 1 heterocycles. The van der Waals surface area contributed by atoms with E-state index in [0.717, 1.165) is 18.7 Å². The number of nitrogens with zero attached hydrogens (tertiary/aromatic N) is 2. The van der Waals surface area contributed by atoms with Gasteiger partial charge in [0.1, 0.15) is 5.82 Å². The van der Waals surface area contributed by atoms with Gasteiger partial charge in [0.15, 0.2) is 0 Å². The summed E-state index contributed by atoms with van der Waals surface area (Å²) < 4.78 is 7.08. The van der Waals surface area contributed by atoms with E-state index in [-0.39, 0.29) is 6.09 Å². The third-order valence-electron chi connectivity index (χ3n) is 5.07. The molecular weight excluding hydrogens is 278 g/mol.